The lowest BCUT2D eigenvalue weighted by Crippen LogP contribution is -2.24. The molecule has 28 heavy (non-hydrogen) atoms. The lowest BCUT2D eigenvalue weighted by atomic mass is 10.1. The number of benzene rings is 2. The molecule has 1 amide bonds. The number of fused-ring (bicyclic) bond motifs is 1. The number of hydrogen-bond acceptors (Lipinski definition) is 4. The van der Waals surface area contributed by atoms with Crippen LogP contribution in [0.4, 0.5) is 5.69 Å². The zero-order chi connectivity index (χ0) is 19.8. The van der Waals surface area contributed by atoms with Gasteiger partial charge < -0.3 is 5.32 Å². The minimum absolute atomic E-state index is 0.0455. The molecule has 4 aromatic rings. The number of para-hydroxylation sites is 1. The van der Waals surface area contributed by atoms with Crippen LogP contribution in [0.3, 0.4) is 0 Å². The van der Waals surface area contributed by atoms with Crippen LogP contribution in [0.2, 0.25) is 0 Å². The third-order valence-corrected chi connectivity index (χ3v) is 4.70. The van der Waals surface area contributed by atoms with Crippen LogP contribution in [0.5, 0.6) is 0 Å². The Morgan fingerprint density at radius 1 is 1.00 bits per heavy atom. The van der Waals surface area contributed by atoms with Crippen LogP contribution in [-0.2, 0) is 7.05 Å². The number of carbonyl (C=O) groups is 1. The number of H-pyrrole nitrogens is 1. The number of rotatable bonds is 3. The van der Waals surface area contributed by atoms with E-state index in [1.54, 1.807) is 42.9 Å². The number of aromatic amines is 1. The van der Waals surface area contributed by atoms with Gasteiger partial charge in [-0.15, -0.1) is 0 Å². The standard InChI is InChI=1S/C20H17N5O3/c1-12-16(20(28)25(24(12)2)13-8-4-3-5-9-13)21-19(27)17-14-10-6-7-11-15(14)18(26)23-22-17/h3-11H,1-2H3,(H,21,27)(H,23,26). The van der Waals surface area contributed by atoms with Gasteiger partial charge in [-0.2, -0.15) is 5.10 Å². The summed E-state index contributed by atoms with van der Waals surface area (Å²) in [5.74, 6) is -0.571. The van der Waals surface area contributed by atoms with Gasteiger partial charge in [0.1, 0.15) is 5.69 Å². The Bertz CT molecular complexity index is 1320. The maximum absolute atomic E-state index is 12.9. The van der Waals surface area contributed by atoms with E-state index in [0.717, 1.165) is 0 Å². The molecule has 0 fully saturated rings. The van der Waals surface area contributed by atoms with Crippen LogP contribution in [0, 0.1) is 6.92 Å². The van der Waals surface area contributed by atoms with Crippen molar-refractivity contribution < 1.29 is 4.79 Å². The molecule has 0 bridgehead atoms. The van der Waals surface area contributed by atoms with Crippen LogP contribution < -0.4 is 16.4 Å². The van der Waals surface area contributed by atoms with E-state index < -0.39 is 5.91 Å². The lowest BCUT2D eigenvalue weighted by molar-refractivity contribution is 0.102. The minimum Gasteiger partial charge on any atom is -0.314 e. The molecule has 0 unspecified atom stereocenters. The van der Waals surface area contributed by atoms with Crippen molar-refractivity contribution in [3.8, 4) is 5.69 Å². The highest BCUT2D eigenvalue weighted by atomic mass is 16.2. The second-order valence-electron chi connectivity index (χ2n) is 6.34. The average Bonchev–Trinajstić information content (AvgIpc) is 2.92. The van der Waals surface area contributed by atoms with Gasteiger partial charge in [0.05, 0.1) is 16.8 Å². The van der Waals surface area contributed by atoms with E-state index in [2.05, 4.69) is 15.5 Å². The third-order valence-electron chi connectivity index (χ3n) is 4.70. The van der Waals surface area contributed by atoms with Gasteiger partial charge >= 0.3 is 0 Å². The fourth-order valence-electron chi connectivity index (χ4n) is 3.17. The molecular weight excluding hydrogens is 358 g/mol. The fraction of sp³-hybridized carbons (Fsp3) is 0.100. The summed E-state index contributed by atoms with van der Waals surface area (Å²) in [5, 5.41) is 9.64. The molecule has 2 aromatic heterocycles. The zero-order valence-electron chi connectivity index (χ0n) is 15.3. The quantitative estimate of drug-likeness (QED) is 0.572. The van der Waals surface area contributed by atoms with Gasteiger partial charge in [0.15, 0.2) is 5.69 Å². The van der Waals surface area contributed by atoms with Crippen molar-refractivity contribution in [2.75, 3.05) is 5.32 Å². The van der Waals surface area contributed by atoms with Crippen molar-refractivity contribution in [3.05, 3.63) is 86.7 Å². The molecule has 0 radical (unpaired) electrons. The maximum atomic E-state index is 12.9. The van der Waals surface area contributed by atoms with Crippen molar-refractivity contribution in [2.24, 2.45) is 7.05 Å². The zero-order valence-corrected chi connectivity index (χ0v) is 15.3. The van der Waals surface area contributed by atoms with E-state index in [1.165, 1.54) is 4.68 Å². The topological polar surface area (TPSA) is 102 Å². The molecule has 2 N–H and O–H groups in total. The summed E-state index contributed by atoms with van der Waals surface area (Å²) in [6.07, 6.45) is 0. The Morgan fingerprint density at radius 2 is 1.64 bits per heavy atom. The van der Waals surface area contributed by atoms with E-state index in [9.17, 15) is 14.4 Å². The SMILES string of the molecule is Cc1c(NC(=O)c2n[nH]c(=O)c3ccccc23)c(=O)n(-c2ccccc2)n1C. The Hall–Kier alpha value is -3.94. The molecule has 2 aromatic carbocycles. The molecule has 0 aliphatic heterocycles. The number of nitrogens with zero attached hydrogens (tertiary/aromatic N) is 3. The van der Waals surface area contributed by atoms with Crippen molar-refractivity contribution in [3.63, 3.8) is 0 Å². The van der Waals surface area contributed by atoms with Crippen LogP contribution in [0.15, 0.2) is 64.2 Å². The summed E-state index contributed by atoms with van der Waals surface area (Å²) in [6.45, 7) is 1.74. The Balaban J connectivity index is 1.79. The first kappa shape index (κ1) is 17.5. The number of carbonyl (C=O) groups excluding carboxylic acids is 1. The summed E-state index contributed by atoms with van der Waals surface area (Å²) in [7, 11) is 1.74. The van der Waals surface area contributed by atoms with Crippen molar-refractivity contribution in [2.45, 2.75) is 6.92 Å². The fourth-order valence-corrected chi connectivity index (χ4v) is 3.17. The molecule has 140 valence electrons. The number of anilines is 1. The van der Waals surface area contributed by atoms with Gasteiger partial charge in [0, 0.05) is 12.4 Å². The summed E-state index contributed by atoms with van der Waals surface area (Å²) in [6, 6.07) is 15.8. The smallest absolute Gasteiger partial charge is 0.295 e. The molecule has 0 saturated heterocycles. The molecule has 0 aliphatic rings. The molecule has 0 spiro atoms. The largest absolute Gasteiger partial charge is 0.314 e. The van der Waals surface area contributed by atoms with Crippen LogP contribution in [0.1, 0.15) is 16.2 Å². The number of hydrogen-bond donors (Lipinski definition) is 2. The molecule has 0 atom stereocenters. The predicted molar refractivity (Wildman–Crippen MR) is 106 cm³/mol. The third kappa shape index (κ3) is 2.71. The van der Waals surface area contributed by atoms with Gasteiger partial charge in [-0.25, -0.2) is 9.78 Å². The molecule has 0 saturated carbocycles. The average molecular weight is 375 g/mol. The van der Waals surface area contributed by atoms with Gasteiger partial charge in [0.25, 0.3) is 17.0 Å². The molecule has 8 heteroatoms. The Morgan fingerprint density at radius 3 is 2.36 bits per heavy atom. The molecule has 2 heterocycles. The normalized spacial score (nSPS) is 10.9. The summed E-state index contributed by atoms with van der Waals surface area (Å²) in [5.41, 5.74) is 0.752. The highest BCUT2D eigenvalue weighted by Crippen LogP contribution is 2.17. The van der Waals surface area contributed by atoms with Crippen molar-refractivity contribution in [1.29, 1.82) is 0 Å². The highest BCUT2D eigenvalue weighted by Gasteiger charge is 2.21. The summed E-state index contributed by atoms with van der Waals surface area (Å²) >= 11 is 0. The van der Waals surface area contributed by atoms with Gasteiger partial charge in [0.2, 0.25) is 0 Å². The van der Waals surface area contributed by atoms with Crippen LogP contribution in [0.25, 0.3) is 16.5 Å². The number of aromatic nitrogens is 4. The summed E-state index contributed by atoms with van der Waals surface area (Å²) < 4.78 is 3.15. The van der Waals surface area contributed by atoms with Gasteiger partial charge in [-0.05, 0) is 25.1 Å². The van der Waals surface area contributed by atoms with Crippen LogP contribution >= 0.6 is 0 Å². The van der Waals surface area contributed by atoms with E-state index in [-0.39, 0.29) is 22.5 Å². The Labute approximate surface area is 159 Å². The number of amides is 1. The number of nitrogens with one attached hydrogen (secondary N) is 2. The highest BCUT2D eigenvalue weighted by molar-refractivity contribution is 6.11. The molecule has 0 aliphatic carbocycles. The van der Waals surface area contributed by atoms with E-state index in [1.807, 2.05) is 30.3 Å². The first-order chi connectivity index (χ1) is 13.5. The predicted octanol–water partition coefficient (Wildman–Crippen LogP) is 1.97. The van der Waals surface area contributed by atoms with Crippen molar-refractivity contribution in [1.82, 2.24) is 19.6 Å². The van der Waals surface area contributed by atoms with Crippen molar-refractivity contribution >= 4 is 22.4 Å². The molecule has 4 rings (SSSR count). The monoisotopic (exact) mass is 375 g/mol. The first-order valence-electron chi connectivity index (χ1n) is 8.62. The first-order valence-corrected chi connectivity index (χ1v) is 8.62. The second kappa shape index (κ2) is 6.66. The molecular formula is C20H17N5O3. The second-order valence-corrected chi connectivity index (χ2v) is 6.34. The van der Waals surface area contributed by atoms with E-state index in [0.29, 0.717) is 22.2 Å². The molecule has 8 nitrogen and oxygen atoms in total. The van der Waals surface area contributed by atoms with E-state index >= 15 is 0 Å². The summed E-state index contributed by atoms with van der Waals surface area (Å²) in [4.78, 5) is 37.7. The van der Waals surface area contributed by atoms with Crippen LogP contribution in [-0.4, -0.2) is 25.5 Å². The minimum atomic E-state index is -0.571. The Kier molecular flexibility index (Phi) is 4.15. The van der Waals surface area contributed by atoms with Gasteiger partial charge in [-0.3, -0.25) is 19.1 Å². The van der Waals surface area contributed by atoms with Gasteiger partial charge in [-0.1, -0.05) is 36.4 Å². The lowest BCUT2D eigenvalue weighted by Gasteiger charge is -2.07. The van der Waals surface area contributed by atoms with E-state index in [4.69, 9.17) is 0 Å². The maximum Gasteiger partial charge on any atom is 0.295 e.